The second-order valence-electron chi connectivity index (χ2n) is 5.88. The van der Waals surface area contributed by atoms with Gasteiger partial charge in [-0.15, -0.1) is 0 Å². The van der Waals surface area contributed by atoms with Gasteiger partial charge in [-0.25, -0.2) is 4.98 Å². The topological polar surface area (TPSA) is 106 Å². The molecule has 0 saturated carbocycles. The van der Waals surface area contributed by atoms with Crippen LogP contribution < -0.4 is 10.7 Å². The first kappa shape index (κ1) is 15.8. The van der Waals surface area contributed by atoms with Crippen LogP contribution >= 0.6 is 0 Å². The smallest absolute Gasteiger partial charge is 0.261 e. The lowest BCUT2D eigenvalue weighted by molar-refractivity contribution is 0.102. The van der Waals surface area contributed by atoms with Gasteiger partial charge in [0.05, 0.1) is 17.8 Å². The number of oxazole rings is 1. The molecule has 1 amide bonds. The number of anilines is 1. The minimum absolute atomic E-state index is 0.0198. The number of fused-ring (bicyclic) bond motifs is 1. The van der Waals surface area contributed by atoms with Crippen molar-refractivity contribution in [3.63, 3.8) is 0 Å². The van der Waals surface area contributed by atoms with Gasteiger partial charge >= 0.3 is 0 Å². The Morgan fingerprint density at radius 3 is 2.96 bits per heavy atom. The highest BCUT2D eigenvalue weighted by Gasteiger charge is 2.16. The van der Waals surface area contributed by atoms with Crippen LogP contribution in [0.2, 0.25) is 0 Å². The molecule has 8 nitrogen and oxygen atoms in total. The maximum absolute atomic E-state index is 12.6. The van der Waals surface area contributed by atoms with E-state index in [0.29, 0.717) is 22.6 Å². The molecule has 0 spiro atoms. The SMILES string of the molecule is Cc1ccc(-c2ncco2)cc1NC(=O)c1c[nH]c2c(cnn2C)c1=O. The van der Waals surface area contributed by atoms with E-state index in [1.165, 1.54) is 18.7 Å². The number of nitrogens with zero attached hydrogens (tertiary/aromatic N) is 3. The normalized spacial score (nSPS) is 11.0. The predicted molar refractivity (Wildman–Crippen MR) is 96.0 cm³/mol. The Labute approximate surface area is 147 Å². The van der Waals surface area contributed by atoms with Crippen LogP contribution in [-0.2, 0) is 7.05 Å². The molecule has 2 N–H and O–H groups in total. The highest BCUT2D eigenvalue weighted by Crippen LogP contribution is 2.24. The molecule has 3 heterocycles. The molecule has 0 saturated heterocycles. The number of aromatic nitrogens is 4. The van der Waals surface area contributed by atoms with Gasteiger partial charge in [0.2, 0.25) is 11.3 Å². The highest BCUT2D eigenvalue weighted by atomic mass is 16.3. The van der Waals surface area contributed by atoms with Gasteiger partial charge in [-0.1, -0.05) is 6.07 Å². The Hall–Kier alpha value is -3.68. The van der Waals surface area contributed by atoms with Crippen LogP contribution in [0.1, 0.15) is 15.9 Å². The molecule has 0 bridgehead atoms. The van der Waals surface area contributed by atoms with E-state index in [2.05, 4.69) is 20.4 Å². The van der Waals surface area contributed by atoms with Crippen molar-refractivity contribution in [2.45, 2.75) is 6.92 Å². The molecule has 0 aliphatic rings. The summed E-state index contributed by atoms with van der Waals surface area (Å²) in [5.41, 5.74) is 2.38. The number of aryl methyl sites for hydroxylation is 2. The third-order valence-electron chi connectivity index (χ3n) is 4.19. The number of H-pyrrole nitrogens is 1. The van der Waals surface area contributed by atoms with E-state index < -0.39 is 5.91 Å². The third kappa shape index (κ3) is 2.57. The number of carbonyl (C=O) groups is 1. The van der Waals surface area contributed by atoms with Crippen molar-refractivity contribution in [1.29, 1.82) is 0 Å². The monoisotopic (exact) mass is 349 g/mol. The number of aromatic amines is 1. The molecule has 1 aromatic carbocycles. The van der Waals surface area contributed by atoms with Gasteiger partial charge in [-0.3, -0.25) is 14.3 Å². The van der Waals surface area contributed by atoms with E-state index in [1.54, 1.807) is 24.0 Å². The van der Waals surface area contributed by atoms with Crippen molar-refractivity contribution < 1.29 is 9.21 Å². The maximum atomic E-state index is 12.6. The molecule has 0 aliphatic carbocycles. The first-order valence-corrected chi connectivity index (χ1v) is 7.90. The van der Waals surface area contributed by atoms with Gasteiger partial charge in [0, 0.05) is 24.5 Å². The molecule has 4 rings (SSSR count). The fourth-order valence-electron chi connectivity index (χ4n) is 2.74. The van der Waals surface area contributed by atoms with E-state index in [9.17, 15) is 9.59 Å². The Morgan fingerprint density at radius 2 is 2.19 bits per heavy atom. The number of carbonyl (C=O) groups excluding carboxylic acids is 1. The van der Waals surface area contributed by atoms with E-state index in [4.69, 9.17) is 4.42 Å². The fourth-order valence-corrected chi connectivity index (χ4v) is 2.74. The summed E-state index contributed by atoms with van der Waals surface area (Å²) < 4.78 is 6.83. The van der Waals surface area contributed by atoms with Crippen molar-refractivity contribution in [3.05, 3.63) is 64.4 Å². The van der Waals surface area contributed by atoms with Crippen LogP contribution in [-0.4, -0.2) is 25.7 Å². The average molecular weight is 349 g/mol. The molecule has 0 fully saturated rings. The summed E-state index contributed by atoms with van der Waals surface area (Å²) in [6, 6.07) is 5.46. The second-order valence-corrected chi connectivity index (χ2v) is 5.88. The molecule has 130 valence electrons. The number of pyridine rings is 1. The number of amides is 1. The largest absolute Gasteiger partial charge is 0.445 e. The molecule has 8 heteroatoms. The van der Waals surface area contributed by atoms with Gasteiger partial charge in [0.15, 0.2) is 0 Å². The standard InChI is InChI=1S/C18H15N5O3/c1-10-3-4-11(18-19-5-6-26-18)7-14(10)22-17(25)13-8-20-16-12(15(13)24)9-21-23(16)2/h3-9H,1-2H3,(H,20,24)(H,22,25). The van der Waals surface area contributed by atoms with Crippen molar-refractivity contribution in [2.24, 2.45) is 7.05 Å². The molecule has 0 atom stereocenters. The van der Waals surface area contributed by atoms with Crippen molar-refractivity contribution in [3.8, 4) is 11.5 Å². The zero-order valence-corrected chi connectivity index (χ0v) is 14.1. The summed E-state index contributed by atoms with van der Waals surface area (Å²) >= 11 is 0. The van der Waals surface area contributed by atoms with Gasteiger partial charge in [-0.05, 0) is 24.6 Å². The summed E-state index contributed by atoms with van der Waals surface area (Å²) in [5, 5.41) is 7.18. The van der Waals surface area contributed by atoms with Crippen LogP contribution in [0.3, 0.4) is 0 Å². The number of hydrogen-bond acceptors (Lipinski definition) is 5. The van der Waals surface area contributed by atoms with Gasteiger partial charge in [0.25, 0.3) is 5.91 Å². The molecule has 4 aromatic rings. The summed E-state index contributed by atoms with van der Waals surface area (Å²) in [5.74, 6) is -0.0419. The van der Waals surface area contributed by atoms with Crippen LogP contribution in [0.5, 0.6) is 0 Å². The molecular formula is C18H15N5O3. The van der Waals surface area contributed by atoms with Crippen LogP contribution in [0, 0.1) is 6.92 Å². The van der Waals surface area contributed by atoms with Gasteiger partial charge in [-0.2, -0.15) is 5.10 Å². The zero-order chi connectivity index (χ0) is 18.3. The van der Waals surface area contributed by atoms with Crippen LogP contribution in [0.25, 0.3) is 22.5 Å². The summed E-state index contributed by atoms with van der Waals surface area (Å²) in [7, 11) is 1.72. The summed E-state index contributed by atoms with van der Waals surface area (Å²) in [4.78, 5) is 32.2. The molecule has 0 radical (unpaired) electrons. The van der Waals surface area contributed by atoms with Crippen LogP contribution in [0.15, 0.2) is 52.3 Å². The maximum Gasteiger partial charge on any atom is 0.261 e. The second kappa shape index (κ2) is 5.99. The molecule has 3 aromatic heterocycles. The van der Waals surface area contributed by atoms with Crippen molar-refractivity contribution in [2.75, 3.05) is 5.32 Å². The lowest BCUT2D eigenvalue weighted by Crippen LogP contribution is -2.22. The van der Waals surface area contributed by atoms with Gasteiger partial charge in [0.1, 0.15) is 17.5 Å². The Balaban J connectivity index is 1.70. The van der Waals surface area contributed by atoms with E-state index in [0.717, 1.165) is 11.1 Å². The lowest BCUT2D eigenvalue weighted by atomic mass is 10.1. The molecular weight excluding hydrogens is 334 g/mol. The molecule has 0 unspecified atom stereocenters. The Morgan fingerprint density at radius 1 is 1.35 bits per heavy atom. The number of benzene rings is 1. The molecule has 0 aliphatic heterocycles. The molecule has 26 heavy (non-hydrogen) atoms. The third-order valence-corrected chi connectivity index (χ3v) is 4.19. The van der Waals surface area contributed by atoms with E-state index >= 15 is 0 Å². The first-order valence-electron chi connectivity index (χ1n) is 7.90. The number of hydrogen-bond donors (Lipinski definition) is 2. The fraction of sp³-hybridized carbons (Fsp3) is 0.111. The van der Waals surface area contributed by atoms with Crippen molar-refractivity contribution in [1.82, 2.24) is 19.7 Å². The Kier molecular flexibility index (Phi) is 3.65. The highest BCUT2D eigenvalue weighted by molar-refractivity contribution is 6.06. The Bertz CT molecular complexity index is 1170. The van der Waals surface area contributed by atoms with Crippen LogP contribution in [0.4, 0.5) is 5.69 Å². The van der Waals surface area contributed by atoms with E-state index in [1.807, 2.05) is 19.1 Å². The van der Waals surface area contributed by atoms with Crippen molar-refractivity contribution >= 4 is 22.6 Å². The first-order chi connectivity index (χ1) is 12.5. The lowest BCUT2D eigenvalue weighted by Gasteiger charge is -2.09. The quantitative estimate of drug-likeness (QED) is 0.591. The number of rotatable bonds is 3. The predicted octanol–water partition coefficient (Wildman–Crippen LogP) is 2.48. The van der Waals surface area contributed by atoms with E-state index in [-0.39, 0.29) is 11.0 Å². The average Bonchev–Trinajstić information content (AvgIpc) is 3.28. The summed E-state index contributed by atoms with van der Waals surface area (Å²) in [6.45, 7) is 1.86. The number of nitrogens with one attached hydrogen (secondary N) is 2. The zero-order valence-electron chi connectivity index (χ0n) is 14.1. The minimum atomic E-state index is -0.496. The minimum Gasteiger partial charge on any atom is -0.445 e. The van der Waals surface area contributed by atoms with Gasteiger partial charge < -0.3 is 14.7 Å². The summed E-state index contributed by atoms with van der Waals surface area (Å²) in [6.07, 6.45) is 5.88.